The van der Waals surface area contributed by atoms with Crippen LogP contribution in [0.25, 0.3) is 0 Å². The molecule has 0 saturated heterocycles. The van der Waals surface area contributed by atoms with E-state index >= 15 is 0 Å². The Morgan fingerprint density at radius 2 is 1.50 bits per heavy atom. The first-order valence-corrected chi connectivity index (χ1v) is 5.61. The molecule has 2 nitrogen and oxygen atoms in total. The molecule has 0 saturated carbocycles. The topological polar surface area (TPSA) is 46.1 Å². The summed E-state index contributed by atoms with van der Waals surface area (Å²) in [5, 5.41) is 0. The fourth-order valence-electron chi connectivity index (χ4n) is 0. The van der Waals surface area contributed by atoms with Gasteiger partial charge in [-0.05, 0) is 6.26 Å². The van der Waals surface area contributed by atoms with Gasteiger partial charge in [0.05, 0.1) is 0 Å². The fourth-order valence-corrected chi connectivity index (χ4v) is 0. The summed E-state index contributed by atoms with van der Waals surface area (Å²) in [4.78, 5) is 19.6. The van der Waals surface area contributed by atoms with Crippen LogP contribution in [0.15, 0.2) is 0 Å². The van der Waals surface area contributed by atoms with Crippen molar-refractivity contribution < 1.29 is 68.9 Å². The summed E-state index contributed by atoms with van der Waals surface area (Å²) in [6, 6.07) is 0. The molecule has 0 heterocycles. The van der Waals surface area contributed by atoms with Crippen molar-refractivity contribution in [2.24, 2.45) is 0 Å². The Morgan fingerprint density at radius 1 is 1.38 bits per heavy atom. The van der Waals surface area contributed by atoms with Crippen molar-refractivity contribution in [3.8, 4) is 0 Å². The molecule has 0 aromatic rings. The summed E-state index contributed by atoms with van der Waals surface area (Å²) in [7, 11) is 0. The Balaban J connectivity index is -0.000000125. The van der Waals surface area contributed by atoms with Crippen LogP contribution < -0.4 is 68.9 Å². The van der Waals surface area contributed by atoms with Crippen LogP contribution >= 0.6 is 17.1 Å². The molecule has 0 N–H and O–H groups in total. The van der Waals surface area contributed by atoms with E-state index in [-0.39, 0.29) is 59.1 Å². The van der Waals surface area contributed by atoms with Gasteiger partial charge in [0.1, 0.15) is 0 Å². The molecule has 0 aliphatic heterocycles. The SMILES string of the molecule is CSP([O-])([O-])=S.[Na+].[Na+]. The Morgan fingerprint density at radius 3 is 1.50 bits per heavy atom. The van der Waals surface area contributed by atoms with E-state index in [2.05, 4.69) is 11.8 Å². The van der Waals surface area contributed by atoms with Crippen LogP contribution in [0.1, 0.15) is 0 Å². The maximum atomic E-state index is 9.81. The molecule has 0 amide bonds. The monoisotopic (exact) mass is 188 g/mol. The Kier molecular flexibility index (Phi) is 17.2. The van der Waals surface area contributed by atoms with E-state index in [0.29, 0.717) is 11.4 Å². The third kappa shape index (κ3) is 16.0. The standard InChI is InChI=1S/CH5O2PS2.2Na/c1-6-4(2,3)5;;/h1H3,(H2,2,3,5);;/q;2*+1/p-2. The smallest absolute Gasteiger partial charge is 0.825 e. The van der Waals surface area contributed by atoms with Gasteiger partial charge in [0.15, 0.2) is 0 Å². The third-order valence-electron chi connectivity index (χ3n) is 0.224. The average molecular weight is 188 g/mol. The average Bonchev–Trinajstić information content (AvgIpc) is 1.35. The van der Waals surface area contributed by atoms with Crippen LogP contribution in [0.5, 0.6) is 0 Å². The van der Waals surface area contributed by atoms with Crippen molar-refractivity contribution in [2.45, 2.75) is 0 Å². The Labute approximate surface area is 102 Å². The van der Waals surface area contributed by atoms with Crippen molar-refractivity contribution in [3.63, 3.8) is 0 Å². The van der Waals surface area contributed by atoms with Crippen molar-refractivity contribution in [1.82, 2.24) is 0 Å². The van der Waals surface area contributed by atoms with Gasteiger partial charge in [-0.3, -0.25) is 0 Å². The number of rotatable bonds is 1. The zero-order chi connectivity index (χ0) is 5.21. The summed E-state index contributed by atoms with van der Waals surface area (Å²) in [5.74, 6) is 0. The molecule has 0 fully saturated rings. The normalized spacial score (nSPS) is 8.88. The van der Waals surface area contributed by atoms with Gasteiger partial charge in [-0.15, -0.1) is 11.8 Å². The van der Waals surface area contributed by atoms with E-state index in [1.807, 2.05) is 0 Å². The van der Waals surface area contributed by atoms with Crippen LogP contribution in [-0.2, 0) is 11.8 Å². The van der Waals surface area contributed by atoms with E-state index in [4.69, 9.17) is 0 Å². The summed E-state index contributed by atoms with van der Waals surface area (Å²) in [6.07, 6.45) is 1.45. The molecule has 0 bridgehead atoms. The van der Waals surface area contributed by atoms with Crippen molar-refractivity contribution in [3.05, 3.63) is 0 Å². The van der Waals surface area contributed by atoms with Gasteiger partial charge in [-0.25, -0.2) is 0 Å². The second kappa shape index (κ2) is 8.02. The molecular weight excluding hydrogens is 185 g/mol. The summed E-state index contributed by atoms with van der Waals surface area (Å²) < 4.78 is 0. The molecule has 0 unspecified atom stereocenters. The maximum Gasteiger partial charge on any atom is 1.00 e. The minimum absolute atomic E-state index is 0. The van der Waals surface area contributed by atoms with Gasteiger partial charge >= 0.3 is 59.1 Å². The molecule has 0 radical (unpaired) electrons. The molecule has 0 aliphatic rings. The van der Waals surface area contributed by atoms with Crippen LogP contribution in [0.3, 0.4) is 0 Å². The van der Waals surface area contributed by atoms with E-state index in [1.54, 1.807) is 0 Å². The molecule has 0 aromatic carbocycles. The van der Waals surface area contributed by atoms with E-state index < -0.39 is 5.69 Å². The van der Waals surface area contributed by atoms with Crippen LogP contribution in [0, 0.1) is 0 Å². The molecule has 0 spiro atoms. The first kappa shape index (κ1) is 17.1. The zero-order valence-corrected chi connectivity index (χ0v) is 11.6. The van der Waals surface area contributed by atoms with Crippen molar-refractivity contribution in [1.29, 1.82) is 0 Å². The van der Waals surface area contributed by atoms with Gasteiger partial charge in [0.25, 0.3) is 0 Å². The minimum Gasteiger partial charge on any atom is -0.825 e. The number of hydrogen-bond acceptors (Lipinski definition) is 4. The molecule has 7 heteroatoms. The van der Waals surface area contributed by atoms with Crippen molar-refractivity contribution in [2.75, 3.05) is 6.26 Å². The largest absolute Gasteiger partial charge is 1.00 e. The van der Waals surface area contributed by atoms with Crippen LogP contribution in [0.4, 0.5) is 0 Å². The quantitative estimate of drug-likeness (QED) is 0.303. The molecule has 0 rings (SSSR count). The van der Waals surface area contributed by atoms with Crippen molar-refractivity contribution >= 4 is 28.9 Å². The second-order valence-corrected chi connectivity index (χ2v) is 6.56. The van der Waals surface area contributed by atoms with E-state index in [1.165, 1.54) is 6.26 Å². The number of hydrogen-bond donors (Lipinski definition) is 0. The molecule has 8 heavy (non-hydrogen) atoms. The summed E-state index contributed by atoms with van der Waals surface area (Å²) in [6.45, 7) is 0. The Bertz CT molecular complexity index is 82.1. The predicted molar refractivity (Wildman–Crippen MR) is 27.8 cm³/mol. The van der Waals surface area contributed by atoms with Gasteiger partial charge in [-0.1, -0.05) is 0 Å². The molecule has 38 valence electrons. The van der Waals surface area contributed by atoms with Crippen LogP contribution in [-0.4, -0.2) is 6.26 Å². The van der Waals surface area contributed by atoms with Gasteiger partial charge in [-0.2, -0.15) is 17.1 Å². The van der Waals surface area contributed by atoms with Gasteiger partial charge in [0, 0.05) is 0 Å². The molecular formula is CH3Na2O2PS2. The first-order valence-electron chi connectivity index (χ1n) is 1.14. The second-order valence-electron chi connectivity index (χ2n) is 0.630. The van der Waals surface area contributed by atoms with E-state index in [9.17, 15) is 9.79 Å². The zero-order valence-electron chi connectivity index (χ0n) is 5.08. The van der Waals surface area contributed by atoms with E-state index in [0.717, 1.165) is 0 Å². The maximum absolute atomic E-state index is 9.81. The minimum atomic E-state index is -3.40. The van der Waals surface area contributed by atoms with Gasteiger partial charge in [0.2, 0.25) is 0 Å². The Hall–Kier alpha value is 2.92. The molecule has 0 aliphatic carbocycles. The summed E-state index contributed by atoms with van der Waals surface area (Å²) in [5.41, 5.74) is -3.40. The summed E-state index contributed by atoms with van der Waals surface area (Å²) >= 11 is 4.65. The molecule has 0 aromatic heterocycles. The molecule has 0 atom stereocenters. The van der Waals surface area contributed by atoms with Crippen LogP contribution in [0.2, 0.25) is 0 Å². The third-order valence-corrected chi connectivity index (χ3v) is 3.35. The van der Waals surface area contributed by atoms with Gasteiger partial charge < -0.3 is 9.79 Å². The predicted octanol–water partition coefficient (Wildman–Crippen LogP) is -6.70. The first-order chi connectivity index (χ1) is 2.56. The fraction of sp³-hybridized carbons (Fsp3) is 1.00.